The Bertz CT molecular complexity index is 653. The molecule has 0 amide bonds. The zero-order chi connectivity index (χ0) is 16.9. The fourth-order valence-electron chi connectivity index (χ4n) is 3.30. The molecule has 1 unspecified atom stereocenters. The average molecular weight is 328 g/mol. The molecule has 1 saturated heterocycles. The van der Waals surface area contributed by atoms with E-state index in [1.54, 1.807) is 0 Å². The molecule has 0 saturated carbocycles. The highest BCUT2D eigenvalue weighted by Crippen LogP contribution is 2.17. The van der Waals surface area contributed by atoms with E-state index in [2.05, 4.69) is 43.1 Å². The van der Waals surface area contributed by atoms with Crippen molar-refractivity contribution in [3.8, 4) is 5.69 Å². The van der Waals surface area contributed by atoms with Gasteiger partial charge in [-0.3, -0.25) is 4.90 Å². The Balaban J connectivity index is 1.61. The van der Waals surface area contributed by atoms with Gasteiger partial charge < -0.3 is 10.1 Å². The van der Waals surface area contributed by atoms with Gasteiger partial charge in [0, 0.05) is 37.4 Å². The van der Waals surface area contributed by atoms with Crippen LogP contribution in [0, 0.1) is 13.8 Å². The van der Waals surface area contributed by atoms with Crippen molar-refractivity contribution in [1.82, 2.24) is 20.0 Å². The third kappa shape index (κ3) is 3.86. The first kappa shape index (κ1) is 17.1. The van der Waals surface area contributed by atoms with E-state index in [0.717, 1.165) is 50.7 Å². The minimum atomic E-state index is 0.281. The van der Waals surface area contributed by atoms with Gasteiger partial charge in [-0.2, -0.15) is 5.10 Å². The van der Waals surface area contributed by atoms with Crippen LogP contribution in [0.2, 0.25) is 0 Å². The Morgan fingerprint density at radius 1 is 1.25 bits per heavy atom. The molecule has 2 heterocycles. The number of aryl methyl sites for hydroxylation is 1. The summed E-state index contributed by atoms with van der Waals surface area (Å²) in [5.74, 6) is 0. The van der Waals surface area contributed by atoms with E-state index in [-0.39, 0.29) is 6.10 Å². The Morgan fingerprint density at radius 3 is 2.79 bits per heavy atom. The Morgan fingerprint density at radius 2 is 2.04 bits per heavy atom. The van der Waals surface area contributed by atoms with Gasteiger partial charge in [-0.15, -0.1) is 0 Å². The summed E-state index contributed by atoms with van der Waals surface area (Å²) in [7, 11) is 0. The molecule has 1 fully saturated rings. The molecule has 1 aromatic carbocycles. The Labute approximate surface area is 144 Å². The lowest BCUT2D eigenvalue weighted by Crippen LogP contribution is -2.46. The number of hydrogen-bond acceptors (Lipinski definition) is 4. The third-order valence-electron chi connectivity index (χ3n) is 4.79. The average Bonchev–Trinajstić information content (AvgIpc) is 2.91. The lowest BCUT2D eigenvalue weighted by Gasteiger charge is -2.32. The van der Waals surface area contributed by atoms with Gasteiger partial charge >= 0.3 is 0 Å². The highest BCUT2D eigenvalue weighted by Gasteiger charge is 2.19. The van der Waals surface area contributed by atoms with Crippen LogP contribution in [-0.2, 0) is 11.3 Å². The number of likely N-dealkylation sites (N-methyl/N-ethyl adjacent to an activating group) is 1. The maximum absolute atomic E-state index is 5.86. The van der Waals surface area contributed by atoms with Crippen molar-refractivity contribution in [3.05, 3.63) is 47.3 Å². The fourth-order valence-corrected chi connectivity index (χ4v) is 3.30. The van der Waals surface area contributed by atoms with Crippen molar-refractivity contribution in [3.63, 3.8) is 0 Å². The van der Waals surface area contributed by atoms with Crippen LogP contribution in [0.25, 0.3) is 5.69 Å². The number of aromatic nitrogens is 2. The number of hydrogen-bond donors (Lipinski definition) is 1. The predicted molar refractivity (Wildman–Crippen MR) is 96.6 cm³/mol. The van der Waals surface area contributed by atoms with Crippen LogP contribution in [0.4, 0.5) is 0 Å². The van der Waals surface area contributed by atoms with E-state index in [0.29, 0.717) is 0 Å². The van der Waals surface area contributed by atoms with Gasteiger partial charge in [0.1, 0.15) is 0 Å². The van der Waals surface area contributed by atoms with Crippen molar-refractivity contribution in [2.24, 2.45) is 0 Å². The second-order valence-corrected chi connectivity index (χ2v) is 6.41. The van der Waals surface area contributed by atoms with Gasteiger partial charge in [-0.25, -0.2) is 4.68 Å². The Kier molecular flexibility index (Phi) is 5.66. The molecule has 5 nitrogen and oxygen atoms in total. The van der Waals surface area contributed by atoms with E-state index in [1.807, 2.05) is 22.9 Å². The van der Waals surface area contributed by atoms with Gasteiger partial charge in [-0.05, 0) is 32.5 Å². The van der Waals surface area contributed by atoms with Crippen molar-refractivity contribution in [1.29, 1.82) is 0 Å². The number of morpholine rings is 1. The van der Waals surface area contributed by atoms with E-state index in [4.69, 9.17) is 9.84 Å². The summed E-state index contributed by atoms with van der Waals surface area (Å²) in [6.07, 6.45) is 0.281. The molecule has 3 rings (SSSR count). The summed E-state index contributed by atoms with van der Waals surface area (Å²) < 4.78 is 7.89. The second kappa shape index (κ2) is 7.92. The number of ether oxygens (including phenoxy) is 1. The summed E-state index contributed by atoms with van der Waals surface area (Å²) in [6, 6.07) is 10.3. The summed E-state index contributed by atoms with van der Waals surface area (Å²) in [4.78, 5) is 2.44. The minimum absolute atomic E-state index is 0.281. The minimum Gasteiger partial charge on any atom is -0.374 e. The molecule has 0 spiro atoms. The van der Waals surface area contributed by atoms with Crippen molar-refractivity contribution in [2.45, 2.75) is 33.4 Å². The number of benzene rings is 1. The van der Waals surface area contributed by atoms with Gasteiger partial charge in [-0.1, -0.05) is 25.1 Å². The molecular weight excluding hydrogens is 300 g/mol. The highest BCUT2D eigenvalue weighted by molar-refractivity contribution is 5.36. The molecule has 0 aliphatic carbocycles. The topological polar surface area (TPSA) is 42.3 Å². The molecule has 1 N–H and O–H groups in total. The number of rotatable bonds is 6. The summed E-state index contributed by atoms with van der Waals surface area (Å²) in [5.41, 5.74) is 4.68. The number of nitrogens with one attached hydrogen (secondary N) is 1. The molecule has 2 aromatic rings. The quantitative estimate of drug-likeness (QED) is 0.883. The first-order chi connectivity index (χ1) is 11.7. The molecule has 1 aliphatic rings. The summed E-state index contributed by atoms with van der Waals surface area (Å²) in [6.45, 7) is 12.1. The van der Waals surface area contributed by atoms with E-state index >= 15 is 0 Å². The maximum Gasteiger partial charge on any atom is 0.0826 e. The normalized spacial score (nSPS) is 18.9. The SMILES string of the molecule is CCN1CCOC(CNCc2c(C)nn(-c3ccccc3)c2C)C1. The van der Waals surface area contributed by atoms with Crippen LogP contribution in [0.1, 0.15) is 23.9 Å². The molecule has 1 aliphatic heterocycles. The second-order valence-electron chi connectivity index (χ2n) is 6.41. The van der Waals surface area contributed by atoms with Crippen LogP contribution in [0.5, 0.6) is 0 Å². The van der Waals surface area contributed by atoms with Crippen LogP contribution in [0.3, 0.4) is 0 Å². The largest absolute Gasteiger partial charge is 0.374 e. The first-order valence-corrected chi connectivity index (χ1v) is 8.84. The van der Waals surface area contributed by atoms with Crippen molar-refractivity contribution in [2.75, 3.05) is 32.8 Å². The molecule has 130 valence electrons. The van der Waals surface area contributed by atoms with Gasteiger partial charge in [0.15, 0.2) is 0 Å². The van der Waals surface area contributed by atoms with E-state index in [1.165, 1.54) is 11.3 Å². The third-order valence-corrected chi connectivity index (χ3v) is 4.79. The van der Waals surface area contributed by atoms with Gasteiger partial charge in [0.05, 0.1) is 24.1 Å². The first-order valence-electron chi connectivity index (χ1n) is 8.84. The van der Waals surface area contributed by atoms with E-state index in [9.17, 15) is 0 Å². The molecule has 1 atom stereocenters. The molecule has 1 aromatic heterocycles. The summed E-state index contributed by atoms with van der Waals surface area (Å²) >= 11 is 0. The molecule has 0 radical (unpaired) electrons. The standard InChI is InChI=1S/C19H28N4O/c1-4-22-10-11-24-18(14-22)12-20-13-19-15(2)21-23(16(19)3)17-8-6-5-7-9-17/h5-9,18,20H,4,10-14H2,1-3H3. The Hall–Kier alpha value is -1.69. The predicted octanol–water partition coefficient (Wildman–Crippen LogP) is 2.30. The lowest BCUT2D eigenvalue weighted by molar-refractivity contribution is -0.0253. The zero-order valence-electron chi connectivity index (χ0n) is 15.0. The van der Waals surface area contributed by atoms with Crippen molar-refractivity contribution >= 4 is 0 Å². The van der Waals surface area contributed by atoms with Crippen molar-refractivity contribution < 1.29 is 4.74 Å². The molecule has 24 heavy (non-hydrogen) atoms. The smallest absolute Gasteiger partial charge is 0.0826 e. The van der Waals surface area contributed by atoms with Crippen LogP contribution < -0.4 is 5.32 Å². The lowest BCUT2D eigenvalue weighted by atomic mass is 10.2. The van der Waals surface area contributed by atoms with Crippen LogP contribution in [-0.4, -0.2) is 53.6 Å². The molecular formula is C19H28N4O. The van der Waals surface area contributed by atoms with Crippen LogP contribution >= 0.6 is 0 Å². The number of para-hydroxylation sites is 1. The molecule has 5 heteroatoms. The summed E-state index contributed by atoms with van der Waals surface area (Å²) in [5, 5.41) is 8.27. The highest BCUT2D eigenvalue weighted by atomic mass is 16.5. The van der Waals surface area contributed by atoms with Gasteiger partial charge in [0.25, 0.3) is 0 Å². The zero-order valence-corrected chi connectivity index (χ0v) is 15.0. The van der Waals surface area contributed by atoms with Crippen LogP contribution in [0.15, 0.2) is 30.3 Å². The van der Waals surface area contributed by atoms with E-state index < -0.39 is 0 Å². The fraction of sp³-hybridized carbons (Fsp3) is 0.526. The van der Waals surface area contributed by atoms with Gasteiger partial charge in [0.2, 0.25) is 0 Å². The monoisotopic (exact) mass is 328 g/mol. The maximum atomic E-state index is 5.86. The number of nitrogens with zero attached hydrogens (tertiary/aromatic N) is 3. The molecule has 0 bridgehead atoms.